The molecule has 2 aromatic heterocycles. The summed E-state index contributed by atoms with van der Waals surface area (Å²) in [6, 6.07) is 11.4. The van der Waals surface area contributed by atoms with E-state index in [-0.39, 0.29) is 35.3 Å². The molecular formula is C24H22F3N5O2. The van der Waals surface area contributed by atoms with E-state index >= 15 is 0 Å². The number of halogens is 3. The molecule has 0 fully saturated rings. The molecule has 0 aliphatic carbocycles. The molecule has 176 valence electrons. The molecule has 0 unspecified atom stereocenters. The van der Waals surface area contributed by atoms with Gasteiger partial charge in [-0.2, -0.15) is 18.3 Å². The van der Waals surface area contributed by atoms with E-state index in [0.29, 0.717) is 22.4 Å². The monoisotopic (exact) mass is 469 g/mol. The Morgan fingerprint density at radius 1 is 1.15 bits per heavy atom. The van der Waals surface area contributed by atoms with Gasteiger partial charge in [0, 0.05) is 6.04 Å². The van der Waals surface area contributed by atoms with Gasteiger partial charge in [0.05, 0.1) is 46.2 Å². The number of aromatic amines is 1. The first kappa shape index (κ1) is 23.2. The fourth-order valence-electron chi connectivity index (χ4n) is 3.71. The van der Waals surface area contributed by atoms with Crippen LogP contribution in [0.25, 0.3) is 16.6 Å². The van der Waals surface area contributed by atoms with E-state index in [0.717, 1.165) is 12.1 Å². The van der Waals surface area contributed by atoms with Crippen molar-refractivity contribution in [3.05, 3.63) is 87.7 Å². The zero-order valence-electron chi connectivity index (χ0n) is 18.7. The van der Waals surface area contributed by atoms with Crippen LogP contribution in [-0.2, 0) is 12.7 Å². The Balaban J connectivity index is 1.66. The number of amides is 1. The summed E-state index contributed by atoms with van der Waals surface area (Å²) in [4.78, 5) is 34.5. The highest BCUT2D eigenvalue weighted by molar-refractivity contribution is 5.95. The van der Waals surface area contributed by atoms with Crippen LogP contribution in [0, 0.1) is 6.92 Å². The number of rotatable bonds is 5. The SMILES string of the molecule is Cc1c(C(=O)N(Cc2nc3ccccc3c(=O)[nH]2)C(C)C)cnn1-c1cccc(C(F)(F)F)c1. The van der Waals surface area contributed by atoms with Crippen molar-refractivity contribution < 1.29 is 18.0 Å². The predicted octanol–water partition coefficient (Wildman–Crippen LogP) is 4.49. The fourth-order valence-corrected chi connectivity index (χ4v) is 3.71. The van der Waals surface area contributed by atoms with Gasteiger partial charge in [0.1, 0.15) is 5.82 Å². The largest absolute Gasteiger partial charge is 0.416 e. The Labute approximate surface area is 192 Å². The van der Waals surface area contributed by atoms with E-state index in [1.807, 2.05) is 13.8 Å². The lowest BCUT2D eigenvalue weighted by Gasteiger charge is -2.26. The van der Waals surface area contributed by atoms with Crippen LogP contribution in [0.4, 0.5) is 13.2 Å². The van der Waals surface area contributed by atoms with Gasteiger partial charge in [-0.1, -0.05) is 18.2 Å². The number of benzene rings is 2. The van der Waals surface area contributed by atoms with Crippen molar-refractivity contribution in [3.63, 3.8) is 0 Å². The maximum Gasteiger partial charge on any atom is 0.416 e. The minimum Gasteiger partial charge on any atom is -0.329 e. The Hall–Kier alpha value is -3.95. The number of H-pyrrole nitrogens is 1. The summed E-state index contributed by atoms with van der Waals surface area (Å²) in [5.74, 6) is -0.0461. The molecule has 0 saturated heterocycles. The maximum absolute atomic E-state index is 13.4. The van der Waals surface area contributed by atoms with Gasteiger partial charge in [-0.15, -0.1) is 0 Å². The van der Waals surface area contributed by atoms with E-state index in [1.165, 1.54) is 27.9 Å². The van der Waals surface area contributed by atoms with E-state index in [1.54, 1.807) is 31.2 Å². The van der Waals surface area contributed by atoms with Gasteiger partial charge in [-0.25, -0.2) is 9.67 Å². The van der Waals surface area contributed by atoms with Crippen molar-refractivity contribution in [2.24, 2.45) is 0 Å². The normalized spacial score (nSPS) is 11.9. The van der Waals surface area contributed by atoms with E-state index in [2.05, 4.69) is 15.1 Å². The summed E-state index contributed by atoms with van der Waals surface area (Å²) < 4.78 is 40.7. The van der Waals surface area contributed by atoms with Crippen LogP contribution in [0.1, 0.15) is 41.3 Å². The topological polar surface area (TPSA) is 83.9 Å². The minimum absolute atomic E-state index is 0.0464. The lowest BCUT2D eigenvalue weighted by atomic mass is 10.1. The lowest BCUT2D eigenvalue weighted by Crippen LogP contribution is -2.37. The van der Waals surface area contributed by atoms with Crippen molar-refractivity contribution in [1.82, 2.24) is 24.6 Å². The van der Waals surface area contributed by atoms with Crippen LogP contribution in [0.3, 0.4) is 0 Å². The smallest absolute Gasteiger partial charge is 0.329 e. The van der Waals surface area contributed by atoms with Gasteiger partial charge in [-0.05, 0) is 51.1 Å². The van der Waals surface area contributed by atoms with E-state index in [4.69, 9.17) is 0 Å². The summed E-state index contributed by atoms with van der Waals surface area (Å²) in [5.41, 5.74) is 0.256. The molecule has 4 aromatic rings. The molecule has 2 aromatic carbocycles. The third-order valence-corrected chi connectivity index (χ3v) is 5.52. The number of hydrogen-bond acceptors (Lipinski definition) is 4. The first-order valence-electron chi connectivity index (χ1n) is 10.6. The lowest BCUT2D eigenvalue weighted by molar-refractivity contribution is -0.137. The van der Waals surface area contributed by atoms with Crippen LogP contribution in [0.15, 0.2) is 59.5 Å². The number of carbonyl (C=O) groups is 1. The molecule has 0 saturated carbocycles. The highest BCUT2D eigenvalue weighted by atomic mass is 19.4. The number of aromatic nitrogens is 4. The quantitative estimate of drug-likeness (QED) is 0.467. The van der Waals surface area contributed by atoms with Crippen molar-refractivity contribution in [2.45, 2.75) is 39.5 Å². The van der Waals surface area contributed by atoms with Gasteiger partial charge < -0.3 is 9.88 Å². The summed E-state index contributed by atoms with van der Waals surface area (Å²) >= 11 is 0. The molecule has 1 amide bonds. The zero-order valence-corrected chi connectivity index (χ0v) is 18.7. The van der Waals surface area contributed by atoms with E-state index < -0.39 is 11.7 Å². The van der Waals surface area contributed by atoms with Gasteiger partial charge >= 0.3 is 6.18 Å². The molecule has 0 bridgehead atoms. The third kappa shape index (κ3) is 4.43. The van der Waals surface area contributed by atoms with Crippen molar-refractivity contribution >= 4 is 16.8 Å². The molecule has 7 nitrogen and oxygen atoms in total. The second-order valence-electron chi connectivity index (χ2n) is 8.16. The number of fused-ring (bicyclic) bond motifs is 1. The van der Waals surface area contributed by atoms with Gasteiger partial charge in [0.2, 0.25) is 0 Å². The number of hydrogen-bond donors (Lipinski definition) is 1. The van der Waals surface area contributed by atoms with Gasteiger partial charge in [-0.3, -0.25) is 9.59 Å². The number of alkyl halides is 3. The van der Waals surface area contributed by atoms with Crippen molar-refractivity contribution in [1.29, 1.82) is 0 Å². The van der Waals surface area contributed by atoms with Crippen LogP contribution < -0.4 is 5.56 Å². The number of carbonyl (C=O) groups excluding carboxylic acids is 1. The standard InChI is InChI=1S/C24H22F3N5O2/c1-14(2)31(13-21-29-20-10-5-4-9-18(20)22(33)30-21)23(34)19-12-28-32(15(19)3)17-8-6-7-16(11-17)24(25,26)27/h4-12,14H,13H2,1-3H3,(H,29,30,33). The third-order valence-electron chi connectivity index (χ3n) is 5.52. The number of para-hydroxylation sites is 1. The number of nitrogens with one attached hydrogen (secondary N) is 1. The Bertz CT molecular complexity index is 1420. The molecule has 0 aliphatic heterocycles. The maximum atomic E-state index is 13.4. The highest BCUT2D eigenvalue weighted by Crippen LogP contribution is 2.30. The average molecular weight is 469 g/mol. The fraction of sp³-hybridized carbons (Fsp3) is 0.250. The van der Waals surface area contributed by atoms with Crippen LogP contribution in [0.2, 0.25) is 0 Å². The first-order chi connectivity index (χ1) is 16.1. The molecule has 1 N–H and O–H groups in total. The van der Waals surface area contributed by atoms with E-state index in [9.17, 15) is 22.8 Å². The molecule has 0 spiro atoms. The van der Waals surface area contributed by atoms with Crippen LogP contribution in [-0.4, -0.2) is 36.6 Å². The minimum atomic E-state index is -4.49. The number of nitrogens with zero attached hydrogens (tertiary/aromatic N) is 4. The second-order valence-corrected chi connectivity index (χ2v) is 8.16. The molecule has 0 aliphatic rings. The Morgan fingerprint density at radius 2 is 1.88 bits per heavy atom. The van der Waals surface area contributed by atoms with Crippen LogP contribution in [0.5, 0.6) is 0 Å². The molecule has 2 heterocycles. The summed E-state index contributed by atoms with van der Waals surface area (Å²) in [7, 11) is 0. The van der Waals surface area contributed by atoms with Gasteiger partial charge in [0.25, 0.3) is 11.5 Å². The van der Waals surface area contributed by atoms with Gasteiger partial charge in [0.15, 0.2) is 0 Å². The molecular weight excluding hydrogens is 447 g/mol. The molecule has 4 rings (SSSR count). The predicted molar refractivity (Wildman–Crippen MR) is 121 cm³/mol. The van der Waals surface area contributed by atoms with Crippen molar-refractivity contribution in [2.75, 3.05) is 0 Å². The van der Waals surface area contributed by atoms with Crippen molar-refractivity contribution in [3.8, 4) is 5.69 Å². The summed E-state index contributed by atoms with van der Waals surface area (Å²) in [6.45, 7) is 5.31. The van der Waals surface area contributed by atoms with Crippen LogP contribution >= 0.6 is 0 Å². The molecule has 34 heavy (non-hydrogen) atoms. The highest BCUT2D eigenvalue weighted by Gasteiger charge is 2.31. The molecule has 10 heteroatoms. The summed E-state index contributed by atoms with van der Waals surface area (Å²) in [6.07, 6.45) is -3.15. The molecule has 0 radical (unpaired) electrons. The average Bonchev–Trinajstić information content (AvgIpc) is 3.17. The first-order valence-corrected chi connectivity index (χ1v) is 10.6. The Kier molecular flexibility index (Phi) is 5.99. The Morgan fingerprint density at radius 3 is 2.59 bits per heavy atom. The summed E-state index contributed by atoms with van der Waals surface area (Å²) in [5, 5.41) is 4.61. The second kappa shape index (κ2) is 8.77. The zero-order chi connectivity index (χ0) is 24.6. The molecule has 0 atom stereocenters.